The van der Waals surface area contributed by atoms with Crippen LogP contribution in [-0.4, -0.2) is 37.3 Å². The second-order valence-corrected chi connectivity index (χ2v) is 8.04. The van der Waals surface area contributed by atoms with Crippen LogP contribution in [0.4, 0.5) is 0 Å². The first-order chi connectivity index (χ1) is 15.1. The number of aryl methyl sites for hydroxylation is 1. The van der Waals surface area contributed by atoms with Crippen LogP contribution in [0.25, 0.3) is 22.7 Å². The summed E-state index contributed by atoms with van der Waals surface area (Å²) >= 11 is 5.95. The third kappa shape index (κ3) is 5.66. The zero-order valence-electron chi connectivity index (χ0n) is 17.4. The van der Waals surface area contributed by atoms with Crippen LogP contribution in [0.5, 0.6) is 5.75 Å². The molecular weight excluding hydrogens is 416 g/mol. The minimum absolute atomic E-state index is 0.00767. The molecule has 31 heavy (non-hydrogen) atoms. The first-order valence-corrected chi connectivity index (χ1v) is 10.8. The Bertz CT molecular complexity index is 1010. The van der Waals surface area contributed by atoms with E-state index in [4.69, 9.17) is 25.5 Å². The second kappa shape index (κ2) is 9.98. The van der Waals surface area contributed by atoms with E-state index in [1.54, 1.807) is 0 Å². The molecule has 1 aromatic heterocycles. The van der Waals surface area contributed by atoms with E-state index in [0.717, 1.165) is 48.6 Å². The highest BCUT2D eigenvalue weighted by Gasteiger charge is 2.15. The topological polar surface area (TPSA) is 73.6 Å². The maximum atomic E-state index is 12.1. The van der Waals surface area contributed by atoms with Crippen LogP contribution in [-0.2, 0) is 9.53 Å². The highest BCUT2D eigenvalue weighted by molar-refractivity contribution is 6.30. The van der Waals surface area contributed by atoms with Crippen molar-refractivity contribution in [2.45, 2.75) is 19.8 Å². The molecule has 1 aliphatic rings. The number of rotatable bonds is 7. The van der Waals surface area contributed by atoms with Gasteiger partial charge in [-0.05, 0) is 74.2 Å². The van der Waals surface area contributed by atoms with Gasteiger partial charge < -0.3 is 19.2 Å². The van der Waals surface area contributed by atoms with Gasteiger partial charge in [-0.15, -0.1) is 0 Å². The summed E-state index contributed by atoms with van der Waals surface area (Å²) in [4.78, 5) is 16.7. The van der Waals surface area contributed by atoms with Crippen molar-refractivity contribution in [3.8, 4) is 28.5 Å². The average molecular weight is 441 g/mol. The molecule has 0 aliphatic carbocycles. The Labute approximate surface area is 186 Å². The van der Waals surface area contributed by atoms with Crippen LogP contribution in [0.2, 0.25) is 5.02 Å². The Kier molecular flexibility index (Phi) is 6.89. The number of ether oxygens (including phenoxy) is 2. The summed E-state index contributed by atoms with van der Waals surface area (Å²) in [5.74, 6) is 2.27. The van der Waals surface area contributed by atoms with Gasteiger partial charge in [0.15, 0.2) is 6.61 Å². The summed E-state index contributed by atoms with van der Waals surface area (Å²) in [5.41, 5.74) is 2.55. The van der Waals surface area contributed by atoms with E-state index < -0.39 is 0 Å². The van der Waals surface area contributed by atoms with Crippen LogP contribution < -0.4 is 10.1 Å². The van der Waals surface area contributed by atoms with Crippen LogP contribution in [0.15, 0.2) is 52.9 Å². The molecule has 1 N–H and O–H groups in total. The van der Waals surface area contributed by atoms with Gasteiger partial charge in [0, 0.05) is 35.9 Å². The molecule has 1 saturated heterocycles. The Morgan fingerprint density at radius 3 is 2.48 bits per heavy atom. The van der Waals surface area contributed by atoms with Gasteiger partial charge in [-0.1, -0.05) is 11.6 Å². The molecular formula is C24H25ClN2O4. The van der Waals surface area contributed by atoms with Crippen LogP contribution in [0, 0.1) is 12.8 Å². The highest BCUT2D eigenvalue weighted by atomic mass is 35.5. The Balaban J connectivity index is 1.33. The van der Waals surface area contributed by atoms with E-state index in [1.807, 2.05) is 55.5 Å². The number of halogens is 1. The van der Waals surface area contributed by atoms with Crippen molar-refractivity contribution in [3.63, 3.8) is 0 Å². The first kappa shape index (κ1) is 21.4. The van der Waals surface area contributed by atoms with E-state index in [2.05, 4.69) is 10.3 Å². The van der Waals surface area contributed by atoms with E-state index in [-0.39, 0.29) is 12.5 Å². The highest BCUT2D eigenvalue weighted by Crippen LogP contribution is 2.30. The van der Waals surface area contributed by atoms with Gasteiger partial charge >= 0.3 is 0 Å². The predicted octanol–water partition coefficient (Wildman–Crippen LogP) is 4.89. The van der Waals surface area contributed by atoms with Gasteiger partial charge in [0.25, 0.3) is 5.91 Å². The lowest BCUT2D eigenvalue weighted by atomic mass is 10.0. The second-order valence-electron chi connectivity index (χ2n) is 7.60. The third-order valence-corrected chi connectivity index (χ3v) is 5.57. The molecule has 0 unspecified atom stereocenters. The molecule has 1 amide bonds. The molecule has 3 aromatic rings. The van der Waals surface area contributed by atoms with Gasteiger partial charge in [0.2, 0.25) is 5.89 Å². The maximum absolute atomic E-state index is 12.1. The number of hydrogen-bond donors (Lipinski definition) is 1. The molecule has 162 valence electrons. The number of carbonyl (C=O) groups is 1. The van der Waals surface area contributed by atoms with Crippen molar-refractivity contribution >= 4 is 17.5 Å². The number of benzene rings is 2. The number of carbonyl (C=O) groups excluding carboxylic acids is 1. The van der Waals surface area contributed by atoms with Gasteiger partial charge in [-0.3, -0.25) is 4.79 Å². The van der Waals surface area contributed by atoms with Gasteiger partial charge in [0.05, 0.1) is 0 Å². The number of oxazole rings is 1. The summed E-state index contributed by atoms with van der Waals surface area (Å²) in [6.07, 6.45) is 1.98. The zero-order chi connectivity index (χ0) is 21.6. The predicted molar refractivity (Wildman–Crippen MR) is 119 cm³/mol. The lowest BCUT2D eigenvalue weighted by Crippen LogP contribution is -2.35. The zero-order valence-corrected chi connectivity index (χ0v) is 18.2. The Morgan fingerprint density at radius 1 is 1.10 bits per heavy atom. The summed E-state index contributed by atoms with van der Waals surface area (Å²) in [6.45, 7) is 4.10. The molecule has 0 atom stereocenters. The third-order valence-electron chi connectivity index (χ3n) is 5.31. The molecule has 1 fully saturated rings. The van der Waals surface area contributed by atoms with Crippen molar-refractivity contribution in [2.75, 3.05) is 26.4 Å². The monoisotopic (exact) mass is 440 g/mol. The summed E-state index contributed by atoms with van der Waals surface area (Å²) < 4.78 is 16.8. The lowest BCUT2D eigenvalue weighted by molar-refractivity contribution is -0.123. The molecule has 0 radical (unpaired) electrons. The average Bonchev–Trinajstić information content (AvgIpc) is 3.19. The quantitative estimate of drug-likeness (QED) is 0.566. The van der Waals surface area contributed by atoms with Crippen molar-refractivity contribution in [1.29, 1.82) is 0 Å². The smallest absolute Gasteiger partial charge is 0.257 e. The van der Waals surface area contributed by atoms with Crippen LogP contribution >= 0.6 is 11.6 Å². The van der Waals surface area contributed by atoms with Gasteiger partial charge in [0.1, 0.15) is 17.2 Å². The molecule has 0 spiro atoms. The first-order valence-electron chi connectivity index (χ1n) is 10.4. The summed E-state index contributed by atoms with van der Waals surface area (Å²) in [5, 5.41) is 3.61. The number of aromatic nitrogens is 1. The molecule has 7 heteroatoms. The fourth-order valence-electron chi connectivity index (χ4n) is 3.50. The molecule has 1 aliphatic heterocycles. The molecule has 2 aromatic carbocycles. The minimum Gasteiger partial charge on any atom is -0.484 e. The standard InChI is InChI=1S/C24H25ClN2O4/c1-16-23(27-24(31-16)19-2-6-20(25)7-3-19)18-4-8-21(9-5-18)30-15-22(28)26-14-17-10-12-29-13-11-17/h2-9,17H,10-15H2,1H3,(H,26,28). The van der Waals surface area contributed by atoms with E-state index in [0.29, 0.717) is 29.1 Å². The number of hydrogen-bond acceptors (Lipinski definition) is 5. The summed E-state index contributed by atoms with van der Waals surface area (Å²) in [7, 11) is 0. The lowest BCUT2D eigenvalue weighted by Gasteiger charge is -2.22. The van der Waals surface area contributed by atoms with E-state index in [1.165, 1.54) is 0 Å². The van der Waals surface area contributed by atoms with Crippen molar-refractivity contribution in [1.82, 2.24) is 10.3 Å². The van der Waals surface area contributed by atoms with Crippen LogP contribution in [0.1, 0.15) is 18.6 Å². The number of amides is 1. The minimum atomic E-state index is -0.115. The SMILES string of the molecule is Cc1oc(-c2ccc(Cl)cc2)nc1-c1ccc(OCC(=O)NCC2CCOCC2)cc1. The molecule has 0 saturated carbocycles. The number of nitrogens with one attached hydrogen (secondary N) is 1. The van der Waals surface area contributed by atoms with Crippen molar-refractivity contribution in [3.05, 3.63) is 59.3 Å². The van der Waals surface area contributed by atoms with Gasteiger partial charge in [-0.2, -0.15) is 0 Å². The van der Waals surface area contributed by atoms with Crippen molar-refractivity contribution in [2.24, 2.45) is 5.92 Å². The number of nitrogens with zero attached hydrogens (tertiary/aromatic N) is 1. The Hall–Kier alpha value is -2.83. The fourth-order valence-corrected chi connectivity index (χ4v) is 3.62. The summed E-state index contributed by atoms with van der Waals surface area (Å²) in [6, 6.07) is 14.8. The normalized spacial score (nSPS) is 14.4. The molecule has 2 heterocycles. The van der Waals surface area contributed by atoms with Crippen molar-refractivity contribution < 1.29 is 18.7 Å². The molecule has 4 rings (SSSR count). The largest absolute Gasteiger partial charge is 0.484 e. The molecule has 6 nitrogen and oxygen atoms in total. The molecule has 0 bridgehead atoms. The van der Waals surface area contributed by atoms with E-state index >= 15 is 0 Å². The Morgan fingerprint density at radius 2 is 1.77 bits per heavy atom. The maximum Gasteiger partial charge on any atom is 0.257 e. The van der Waals surface area contributed by atoms with Gasteiger partial charge in [-0.25, -0.2) is 4.98 Å². The fraction of sp³-hybridized carbons (Fsp3) is 0.333. The van der Waals surface area contributed by atoms with Crippen LogP contribution in [0.3, 0.4) is 0 Å². The van der Waals surface area contributed by atoms with E-state index in [9.17, 15) is 4.79 Å².